The number of anilines is 1. The maximum atomic E-state index is 13.3. The summed E-state index contributed by atoms with van der Waals surface area (Å²) in [4.78, 5) is 24.3. The van der Waals surface area contributed by atoms with Crippen molar-refractivity contribution in [3.8, 4) is 0 Å². The van der Waals surface area contributed by atoms with Crippen molar-refractivity contribution >= 4 is 21.7 Å². The number of alkyl halides is 3. The van der Waals surface area contributed by atoms with Crippen molar-refractivity contribution in [3.05, 3.63) is 54.7 Å². The SMILES string of the molecule is C=C/C(F)=C\C=C/C[C@H]1CN(c2ncc(C(F)(F)F)cn2)CCN1C(=O)C1CCS(=O)(=O)CC1. The largest absolute Gasteiger partial charge is 0.419 e. The van der Waals surface area contributed by atoms with Crippen molar-refractivity contribution in [1.82, 2.24) is 14.9 Å². The van der Waals surface area contributed by atoms with Gasteiger partial charge in [0.2, 0.25) is 11.9 Å². The second-order valence-electron chi connectivity index (χ2n) is 8.25. The molecule has 34 heavy (non-hydrogen) atoms. The number of piperazine rings is 1. The van der Waals surface area contributed by atoms with E-state index in [1.165, 1.54) is 12.2 Å². The van der Waals surface area contributed by atoms with E-state index in [1.807, 2.05) is 0 Å². The zero-order valence-corrected chi connectivity index (χ0v) is 19.2. The number of sulfone groups is 1. The average Bonchev–Trinajstić information content (AvgIpc) is 2.80. The summed E-state index contributed by atoms with van der Waals surface area (Å²) in [6, 6.07) is -0.373. The Hall–Kier alpha value is -2.76. The molecule has 12 heteroatoms. The van der Waals surface area contributed by atoms with E-state index in [-0.39, 0.29) is 55.3 Å². The molecule has 1 aromatic rings. The van der Waals surface area contributed by atoms with Crippen LogP contribution in [-0.2, 0) is 20.8 Å². The Morgan fingerprint density at radius 2 is 1.82 bits per heavy atom. The summed E-state index contributed by atoms with van der Waals surface area (Å²) in [6.07, 6.45) is 3.26. The average molecular weight is 503 g/mol. The molecule has 3 rings (SSSR count). The highest BCUT2D eigenvalue weighted by molar-refractivity contribution is 7.91. The summed E-state index contributed by atoms with van der Waals surface area (Å²) < 4.78 is 75.2. The number of amides is 1. The standard InChI is InChI=1S/C22H26F4N4O3S/c1-2-18(23)5-3-4-6-19-15-29(21-27-13-17(14-28-21)22(24,25)26)9-10-30(19)20(31)16-7-11-34(32,33)12-8-16/h2-5,13-14,16,19H,1,6-12,15H2/b4-3-,18-5+/t19-/m0/s1. The molecule has 2 aliphatic heterocycles. The van der Waals surface area contributed by atoms with Crippen LogP contribution in [0.1, 0.15) is 24.8 Å². The van der Waals surface area contributed by atoms with Crippen LogP contribution in [0.2, 0.25) is 0 Å². The van der Waals surface area contributed by atoms with Crippen molar-refractivity contribution in [2.24, 2.45) is 5.92 Å². The van der Waals surface area contributed by atoms with Gasteiger partial charge in [0.15, 0.2) is 0 Å². The number of hydrogen-bond donors (Lipinski definition) is 0. The van der Waals surface area contributed by atoms with Gasteiger partial charge in [0, 0.05) is 37.9 Å². The van der Waals surface area contributed by atoms with Gasteiger partial charge in [-0.1, -0.05) is 18.7 Å². The third-order valence-corrected chi connectivity index (χ3v) is 7.63. The zero-order valence-electron chi connectivity index (χ0n) is 18.4. The quantitative estimate of drug-likeness (QED) is 0.439. The van der Waals surface area contributed by atoms with Gasteiger partial charge in [-0.25, -0.2) is 22.8 Å². The molecule has 0 radical (unpaired) electrons. The van der Waals surface area contributed by atoms with Crippen LogP contribution >= 0.6 is 0 Å². The highest BCUT2D eigenvalue weighted by Crippen LogP contribution is 2.29. The molecule has 0 unspecified atom stereocenters. The van der Waals surface area contributed by atoms with Crippen LogP contribution in [0.3, 0.4) is 0 Å². The van der Waals surface area contributed by atoms with E-state index >= 15 is 0 Å². The van der Waals surface area contributed by atoms with Crippen molar-refractivity contribution in [2.45, 2.75) is 31.5 Å². The molecular formula is C22H26F4N4O3S. The summed E-state index contributed by atoms with van der Waals surface area (Å²) in [6.45, 7) is 4.18. The number of hydrogen-bond acceptors (Lipinski definition) is 6. The molecule has 186 valence electrons. The molecule has 1 aromatic heterocycles. The first kappa shape index (κ1) is 25.9. The van der Waals surface area contributed by atoms with Crippen LogP contribution in [0.25, 0.3) is 0 Å². The Kier molecular flexibility index (Phi) is 8.11. The van der Waals surface area contributed by atoms with E-state index in [0.29, 0.717) is 13.0 Å². The summed E-state index contributed by atoms with van der Waals surface area (Å²) in [5.41, 5.74) is -0.951. The molecule has 2 fully saturated rings. The molecular weight excluding hydrogens is 476 g/mol. The fourth-order valence-electron chi connectivity index (χ4n) is 3.99. The molecule has 2 saturated heterocycles. The molecule has 7 nitrogen and oxygen atoms in total. The van der Waals surface area contributed by atoms with Crippen molar-refractivity contribution in [2.75, 3.05) is 36.0 Å². The van der Waals surface area contributed by atoms with E-state index in [1.54, 1.807) is 15.9 Å². The Morgan fingerprint density at radius 1 is 1.18 bits per heavy atom. The number of halogens is 4. The number of carbonyl (C=O) groups excluding carboxylic acids is 1. The Morgan fingerprint density at radius 3 is 2.41 bits per heavy atom. The van der Waals surface area contributed by atoms with Gasteiger partial charge in [-0.15, -0.1) is 0 Å². The minimum atomic E-state index is -4.54. The fourth-order valence-corrected chi connectivity index (χ4v) is 5.49. The predicted octanol–water partition coefficient (Wildman–Crippen LogP) is 3.32. The number of allylic oxidation sites excluding steroid dienone is 4. The summed E-state index contributed by atoms with van der Waals surface area (Å²) in [5.74, 6) is -1.000. The number of aromatic nitrogens is 2. The summed E-state index contributed by atoms with van der Waals surface area (Å²) in [7, 11) is -3.12. The molecule has 1 amide bonds. The highest BCUT2D eigenvalue weighted by atomic mass is 32.2. The molecule has 0 aliphatic carbocycles. The molecule has 1 atom stereocenters. The van der Waals surface area contributed by atoms with E-state index in [0.717, 1.165) is 18.5 Å². The number of nitrogens with zero attached hydrogens (tertiary/aromatic N) is 4. The molecule has 0 saturated carbocycles. The Labute approximate surface area is 195 Å². The highest BCUT2D eigenvalue weighted by Gasteiger charge is 2.37. The van der Waals surface area contributed by atoms with Crippen LogP contribution in [0.5, 0.6) is 0 Å². The minimum Gasteiger partial charge on any atom is -0.337 e. The number of carbonyl (C=O) groups is 1. The van der Waals surface area contributed by atoms with Gasteiger partial charge in [-0.3, -0.25) is 4.79 Å². The van der Waals surface area contributed by atoms with E-state index in [9.17, 15) is 30.8 Å². The van der Waals surface area contributed by atoms with Gasteiger partial charge in [-0.2, -0.15) is 13.2 Å². The van der Waals surface area contributed by atoms with Gasteiger partial charge >= 0.3 is 6.18 Å². The minimum absolute atomic E-state index is 0.0288. The maximum Gasteiger partial charge on any atom is 0.419 e. The number of rotatable bonds is 6. The lowest BCUT2D eigenvalue weighted by Crippen LogP contribution is -2.57. The van der Waals surface area contributed by atoms with Crippen molar-refractivity contribution in [1.29, 1.82) is 0 Å². The topological polar surface area (TPSA) is 83.5 Å². The first-order chi connectivity index (χ1) is 16.0. The maximum absolute atomic E-state index is 13.3. The third-order valence-electron chi connectivity index (χ3n) is 5.91. The van der Waals surface area contributed by atoms with Crippen LogP contribution in [-0.4, -0.2) is 66.4 Å². The zero-order chi connectivity index (χ0) is 24.9. The molecule has 0 bridgehead atoms. The summed E-state index contributed by atoms with van der Waals surface area (Å²) in [5, 5.41) is 0. The molecule has 0 spiro atoms. The first-order valence-corrected chi connectivity index (χ1v) is 12.6. The van der Waals surface area contributed by atoms with E-state index in [2.05, 4.69) is 16.5 Å². The monoisotopic (exact) mass is 502 g/mol. The van der Waals surface area contributed by atoms with Crippen LogP contribution < -0.4 is 4.90 Å². The van der Waals surface area contributed by atoms with Gasteiger partial charge in [0.1, 0.15) is 15.7 Å². The van der Waals surface area contributed by atoms with Crippen molar-refractivity contribution < 1.29 is 30.8 Å². The second-order valence-corrected chi connectivity index (χ2v) is 10.6. The van der Waals surface area contributed by atoms with Crippen molar-refractivity contribution in [3.63, 3.8) is 0 Å². The fraction of sp³-hybridized carbons (Fsp3) is 0.500. The van der Waals surface area contributed by atoms with E-state index < -0.39 is 33.3 Å². The van der Waals surface area contributed by atoms with Gasteiger partial charge in [-0.05, 0) is 31.4 Å². The lowest BCUT2D eigenvalue weighted by atomic mass is 9.98. The van der Waals surface area contributed by atoms with Gasteiger partial charge in [0.25, 0.3) is 0 Å². The predicted molar refractivity (Wildman–Crippen MR) is 119 cm³/mol. The van der Waals surface area contributed by atoms with Crippen LogP contribution in [0.15, 0.2) is 49.1 Å². The molecule has 0 aromatic carbocycles. The Balaban J connectivity index is 1.75. The third kappa shape index (κ3) is 6.64. The van der Waals surface area contributed by atoms with Crippen LogP contribution in [0, 0.1) is 5.92 Å². The smallest absolute Gasteiger partial charge is 0.337 e. The lowest BCUT2D eigenvalue weighted by Gasteiger charge is -2.43. The second kappa shape index (κ2) is 10.7. The van der Waals surface area contributed by atoms with Gasteiger partial charge in [0.05, 0.1) is 23.1 Å². The molecule has 3 heterocycles. The molecule has 2 aliphatic rings. The van der Waals surface area contributed by atoms with Gasteiger partial charge < -0.3 is 9.80 Å². The van der Waals surface area contributed by atoms with Crippen LogP contribution in [0.4, 0.5) is 23.5 Å². The Bertz CT molecular complexity index is 1040. The first-order valence-electron chi connectivity index (χ1n) is 10.8. The van der Waals surface area contributed by atoms with E-state index in [4.69, 9.17) is 0 Å². The lowest BCUT2D eigenvalue weighted by molar-refractivity contribution is -0.139. The summed E-state index contributed by atoms with van der Waals surface area (Å²) >= 11 is 0. The normalized spacial score (nSPS) is 22.2. The molecule has 0 N–H and O–H groups in total.